The number of fused-ring (bicyclic) bond motifs is 2. The van der Waals surface area contributed by atoms with Gasteiger partial charge in [0, 0.05) is 11.8 Å². The van der Waals surface area contributed by atoms with Crippen LogP contribution in [0.5, 0.6) is 0 Å². The monoisotopic (exact) mass is 278 g/mol. The van der Waals surface area contributed by atoms with Crippen molar-refractivity contribution < 1.29 is 0 Å². The summed E-state index contributed by atoms with van der Waals surface area (Å²) in [6.07, 6.45) is 3.20. The summed E-state index contributed by atoms with van der Waals surface area (Å²) in [6, 6.07) is 11.4. The molecule has 0 aliphatic carbocycles. The molecular weight excluding hydrogens is 268 g/mol. The van der Waals surface area contributed by atoms with Crippen LogP contribution in [0.25, 0.3) is 28.1 Å². The highest BCUT2D eigenvalue weighted by molar-refractivity contribution is 5.74. The number of nitrogens with two attached hydrogens (primary N) is 1. The van der Waals surface area contributed by atoms with E-state index in [1.54, 1.807) is 12.3 Å². The van der Waals surface area contributed by atoms with E-state index < -0.39 is 5.56 Å². The van der Waals surface area contributed by atoms with Crippen molar-refractivity contribution in [1.82, 2.24) is 24.3 Å². The van der Waals surface area contributed by atoms with Gasteiger partial charge in [-0.25, -0.2) is 19.2 Å². The van der Waals surface area contributed by atoms with Gasteiger partial charge in [0.25, 0.3) is 11.3 Å². The second-order valence-corrected chi connectivity index (χ2v) is 4.61. The predicted molar refractivity (Wildman–Crippen MR) is 78.1 cm³/mol. The van der Waals surface area contributed by atoms with Crippen LogP contribution in [-0.2, 0) is 0 Å². The van der Waals surface area contributed by atoms with Gasteiger partial charge in [0.15, 0.2) is 5.52 Å². The molecule has 4 aromatic rings. The first-order valence-electron chi connectivity index (χ1n) is 6.32. The molecule has 0 unspecified atom stereocenters. The van der Waals surface area contributed by atoms with Crippen LogP contribution >= 0.6 is 0 Å². The second kappa shape index (κ2) is 4.14. The zero-order valence-corrected chi connectivity index (χ0v) is 10.8. The fourth-order valence-electron chi connectivity index (χ4n) is 2.19. The third kappa shape index (κ3) is 1.75. The third-order valence-electron chi connectivity index (χ3n) is 3.24. The van der Waals surface area contributed by atoms with E-state index >= 15 is 0 Å². The molecule has 0 amide bonds. The van der Waals surface area contributed by atoms with Crippen molar-refractivity contribution in [3.8, 4) is 11.3 Å². The van der Waals surface area contributed by atoms with Crippen molar-refractivity contribution in [2.24, 2.45) is 0 Å². The lowest BCUT2D eigenvalue weighted by molar-refractivity contribution is 0.897. The number of hydrogen-bond acceptors (Lipinski definition) is 5. The molecule has 7 heteroatoms. The Labute approximate surface area is 118 Å². The number of benzene rings is 1. The molecule has 0 aliphatic heterocycles. The molecule has 4 rings (SSSR count). The van der Waals surface area contributed by atoms with E-state index in [0.29, 0.717) is 11.3 Å². The minimum atomic E-state index is -0.392. The van der Waals surface area contributed by atoms with E-state index in [1.807, 2.05) is 30.3 Å². The number of pyridine rings is 1. The van der Waals surface area contributed by atoms with Gasteiger partial charge in [-0.3, -0.25) is 4.79 Å². The first kappa shape index (κ1) is 11.6. The molecule has 102 valence electrons. The van der Waals surface area contributed by atoms with Crippen LogP contribution in [-0.4, -0.2) is 24.3 Å². The van der Waals surface area contributed by atoms with E-state index in [9.17, 15) is 4.79 Å². The Morgan fingerprint density at radius 3 is 2.67 bits per heavy atom. The number of aromatic nitrogens is 5. The third-order valence-corrected chi connectivity index (χ3v) is 3.24. The van der Waals surface area contributed by atoms with Crippen molar-refractivity contribution >= 4 is 16.8 Å². The lowest BCUT2D eigenvalue weighted by atomic mass is 10.2. The maximum atomic E-state index is 12.0. The Hall–Kier alpha value is -3.22. The summed E-state index contributed by atoms with van der Waals surface area (Å²) >= 11 is 0. The Bertz CT molecular complexity index is 1020. The first-order valence-corrected chi connectivity index (χ1v) is 6.32. The summed E-state index contributed by atoms with van der Waals surface area (Å²) in [4.78, 5) is 20.7. The highest BCUT2D eigenvalue weighted by Gasteiger charge is 2.10. The van der Waals surface area contributed by atoms with Gasteiger partial charge in [-0.2, -0.15) is 5.10 Å². The largest absolute Gasteiger partial charge is 0.336 e. The molecule has 0 fully saturated rings. The topological polar surface area (TPSA) is 91.1 Å². The van der Waals surface area contributed by atoms with E-state index in [1.165, 1.54) is 10.7 Å². The van der Waals surface area contributed by atoms with Gasteiger partial charge < -0.3 is 5.84 Å². The molecule has 0 saturated heterocycles. The van der Waals surface area contributed by atoms with Gasteiger partial charge in [0.05, 0.1) is 11.9 Å². The summed E-state index contributed by atoms with van der Waals surface area (Å²) in [6.45, 7) is 0. The fraction of sp³-hybridized carbons (Fsp3) is 0. The first-order chi connectivity index (χ1) is 10.2. The summed E-state index contributed by atoms with van der Waals surface area (Å²) in [5, 5.41) is 4.26. The van der Waals surface area contributed by atoms with Crippen molar-refractivity contribution in [3.05, 3.63) is 59.1 Å². The molecule has 0 atom stereocenters. The maximum Gasteiger partial charge on any atom is 0.298 e. The van der Waals surface area contributed by atoms with Gasteiger partial charge in [-0.15, -0.1) is 0 Å². The molecule has 0 saturated carbocycles. The summed E-state index contributed by atoms with van der Waals surface area (Å²) in [7, 11) is 0. The van der Waals surface area contributed by atoms with Crippen LogP contribution in [0.15, 0.2) is 53.6 Å². The fourth-order valence-corrected chi connectivity index (χ4v) is 2.19. The molecule has 0 spiro atoms. The minimum absolute atomic E-state index is 0.213. The summed E-state index contributed by atoms with van der Waals surface area (Å²) < 4.78 is 2.48. The number of rotatable bonds is 1. The molecule has 0 bridgehead atoms. The Kier molecular flexibility index (Phi) is 2.28. The van der Waals surface area contributed by atoms with Crippen LogP contribution in [0, 0.1) is 0 Å². The van der Waals surface area contributed by atoms with Crippen LogP contribution in [0.2, 0.25) is 0 Å². The highest BCUT2D eigenvalue weighted by atomic mass is 16.1. The van der Waals surface area contributed by atoms with Crippen molar-refractivity contribution in [3.63, 3.8) is 0 Å². The maximum absolute atomic E-state index is 12.0. The quantitative estimate of drug-likeness (QED) is 0.520. The van der Waals surface area contributed by atoms with Gasteiger partial charge in [-0.1, -0.05) is 30.3 Å². The SMILES string of the molecule is Nn1ccc2nc3nc(-c4ccccc4)cn3nc2c1=O. The Morgan fingerprint density at radius 2 is 1.86 bits per heavy atom. The van der Waals surface area contributed by atoms with Crippen LogP contribution in [0.1, 0.15) is 0 Å². The van der Waals surface area contributed by atoms with Gasteiger partial charge in [0.2, 0.25) is 0 Å². The lowest BCUT2D eigenvalue weighted by Crippen LogP contribution is -2.27. The molecule has 1 aromatic carbocycles. The van der Waals surface area contributed by atoms with Crippen molar-refractivity contribution in [1.29, 1.82) is 0 Å². The molecule has 7 nitrogen and oxygen atoms in total. The van der Waals surface area contributed by atoms with Gasteiger partial charge >= 0.3 is 0 Å². The molecule has 0 aliphatic rings. The lowest BCUT2D eigenvalue weighted by Gasteiger charge is -1.99. The average Bonchev–Trinajstić information content (AvgIpc) is 2.93. The Morgan fingerprint density at radius 1 is 1.05 bits per heavy atom. The molecule has 2 N–H and O–H groups in total. The minimum Gasteiger partial charge on any atom is -0.336 e. The van der Waals surface area contributed by atoms with E-state index in [2.05, 4.69) is 15.1 Å². The smallest absolute Gasteiger partial charge is 0.298 e. The molecule has 3 heterocycles. The van der Waals surface area contributed by atoms with Crippen LogP contribution < -0.4 is 11.4 Å². The molecule has 3 aromatic heterocycles. The van der Waals surface area contributed by atoms with Gasteiger partial charge in [-0.05, 0) is 6.07 Å². The van der Waals surface area contributed by atoms with Crippen molar-refractivity contribution in [2.45, 2.75) is 0 Å². The zero-order valence-electron chi connectivity index (χ0n) is 10.8. The predicted octanol–water partition coefficient (Wildman–Crippen LogP) is 0.820. The number of nitrogen functional groups attached to an aromatic ring is 1. The van der Waals surface area contributed by atoms with Crippen LogP contribution in [0.3, 0.4) is 0 Å². The zero-order chi connectivity index (χ0) is 14.4. The number of hydrogen-bond donors (Lipinski definition) is 1. The molecule has 0 radical (unpaired) electrons. The van der Waals surface area contributed by atoms with Gasteiger partial charge in [0.1, 0.15) is 5.52 Å². The second-order valence-electron chi connectivity index (χ2n) is 4.61. The van der Waals surface area contributed by atoms with Crippen molar-refractivity contribution in [2.75, 3.05) is 5.84 Å². The van der Waals surface area contributed by atoms with E-state index in [0.717, 1.165) is 15.9 Å². The summed E-state index contributed by atoms with van der Waals surface area (Å²) in [5.41, 5.74) is 2.00. The van der Waals surface area contributed by atoms with E-state index in [-0.39, 0.29) is 5.52 Å². The number of nitrogens with zero attached hydrogens (tertiary/aromatic N) is 5. The van der Waals surface area contributed by atoms with E-state index in [4.69, 9.17) is 5.84 Å². The highest BCUT2D eigenvalue weighted by Crippen LogP contribution is 2.18. The summed E-state index contributed by atoms with van der Waals surface area (Å²) in [5.74, 6) is 5.98. The van der Waals surface area contributed by atoms with Crippen LogP contribution in [0.4, 0.5) is 0 Å². The molecule has 21 heavy (non-hydrogen) atoms. The molecular formula is C14H10N6O. The standard InChI is InChI=1S/C14H10N6O/c15-19-7-6-10-12(13(19)21)18-20-8-11(17-14(20)16-10)9-4-2-1-3-5-9/h1-8H,15H2. The Balaban J connectivity index is 2.02. The normalized spacial score (nSPS) is 11.2. The number of imidazole rings is 1. The average molecular weight is 278 g/mol.